The second-order valence-electron chi connectivity index (χ2n) is 4.20. The first-order chi connectivity index (χ1) is 7.88. The van der Waals surface area contributed by atoms with Gasteiger partial charge in [-0.25, -0.2) is 4.68 Å². The van der Waals surface area contributed by atoms with Crippen molar-refractivity contribution in [1.29, 1.82) is 0 Å². The van der Waals surface area contributed by atoms with E-state index in [4.69, 9.17) is 0 Å². The van der Waals surface area contributed by atoms with Crippen LogP contribution in [0.15, 0.2) is 18.5 Å². The fourth-order valence-electron chi connectivity index (χ4n) is 2.03. The molecule has 84 valence electrons. The van der Waals surface area contributed by atoms with Crippen molar-refractivity contribution in [1.82, 2.24) is 24.8 Å². The third-order valence-electron chi connectivity index (χ3n) is 3.24. The van der Waals surface area contributed by atoms with E-state index in [9.17, 15) is 0 Å². The van der Waals surface area contributed by atoms with Gasteiger partial charge in [-0.1, -0.05) is 5.21 Å². The molecule has 5 heteroatoms. The monoisotopic (exact) mass is 217 g/mol. The highest BCUT2D eigenvalue weighted by molar-refractivity contribution is 5.52. The van der Waals surface area contributed by atoms with Crippen LogP contribution in [0.25, 0.3) is 11.4 Å². The predicted molar refractivity (Wildman–Crippen MR) is 59.8 cm³/mol. The molecule has 0 bridgehead atoms. The van der Waals surface area contributed by atoms with Crippen molar-refractivity contribution in [3.05, 3.63) is 18.5 Å². The summed E-state index contributed by atoms with van der Waals surface area (Å²) in [6.45, 7) is 2.94. The maximum atomic E-state index is 4.24. The molecule has 1 aliphatic carbocycles. The smallest absolute Gasteiger partial charge is 0.131 e. The molecule has 0 aromatic carbocycles. The van der Waals surface area contributed by atoms with Gasteiger partial charge < -0.3 is 0 Å². The van der Waals surface area contributed by atoms with Gasteiger partial charge in [0, 0.05) is 12.7 Å². The van der Waals surface area contributed by atoms with Crippen LogP contribution in [0.3, 0.4) is 0 Å². The number of aryl methyl sites for hydroxylation is 1. The Labute approximate surface area is 94.1 Å². The van der Waals surface area contributed by atoms with Crippen molar-refractivity contribution in [2.45, 2.75) is 38.8 Å². The number of rotatable bonds is 3. The third kappa shape index (κ3) is 1.43. The van der Waals surface area contributed by atoms with E-state index in [1.165, 1.54) is 19.3 Å². The van der Waals surface area contributed by atoms with Crippen LogP contribution in [0.4, 0.5) is 0 Å². The van der Waals surface area contributed by atoms with Crippen LogP contribution >= 0.6 is 0 Å². The lowest BCUT2D eigenvalue weighted by molar-refractivity contribution is 0.284. The summed E-state index contributed by atoms with van der Waals surface area (Å²) in [7, 11) is 0. The molecular formula is C11H15N5. The number of hydrogen-bond donors (Lipinski definition) is 0. The molecule has 2 heterocycles. The molecule has 0 radical (unpaired) electrons. The van der Waals surface area contributed by atoms with Gasteiger partial charge in [0.15, 0.2) is 0 Å². The molecule has 2 aromatic heterocycles. The first-order valence-corrected chi connectivity index (χ1v) is 5.82. The van der Waals surface area contributed by atoms with Crippen LogP contribution < -0.4 is 0 Å². The molecule has 0 unspecified atom stereocenters. The zero-order chi connectivity index (χ0) is 11.0. The largest absolute Gasteiger partial charge is 0.263 e. The van der Waals surface area contributed by atoms with Crippen LogP contribution in [-0.4, -0.2) is 24.8 Å². The highest BCUT2D eigenvalue weighted by Gasteiger charge is 2.21. The lowest BCUT2D eigenvalue weighted by Gasteiger charge is -2.24. The van der Waals surface area contributed by atoms with Gasteiger partial charge >= 0.3 is 0 Å². The zero-order valence-electron chi connectivity index (χ0n) is 9.37. The molecule has 1 aliphatic rings. The summed E-state index contributed by atoms with van der Waals surface area (Å²) < 4.78 is 3.93. The first kappa shape index (κ1) is 9.57. The minimum absolute atomic E-state index is 0.569. The van der Waals surface area contributed by atoms with Gasteiger partial charge in [-0.2, -0.15) is 5.10 Å². The number of hydrogen-bond acceptors (Lipinski definition) is 3. The zero-order valence-corrected chi connectivity index (χ0v) is 9.37. The number of aromatic nitrogens is 5. The van der Waals surface area contributed by atoms with Gasteiger partial charge in [0.25, 0.3) is 0 Å². The summed E-state index contributed by atoms with van der Waals surface area (Å²) in [6, 6.07) is 2.55. The summed E-state index contributed by atoms with van der Waals surface area (Å²) in [6.07, 6.45) is 7.62. The summed E-state index contributed by atoms with van der Waals surface area (Å²) in [4.78, 5) is 0. The Hall–Kier alpha value is -1.65. The van der Waals surface area contributed by atoms with Crippen LogP contribution in [-0.2, 0) is 6.54 Å². The second kappa shape index (κ2) is 3.73. The maximum absolute atomic E-state index is 4.24. The van der Waals surface area contributed by atoms with Gasteiger partial charge in [-0.05, 0) is 32.3 Å². The molecule has 5 nitrogen and oxygen atoms in total. The van der Waals surface area contributed by atoms with Crippen molar-refractivity contribution in [3.63, 3.8) is 0 Å². The Morgan fingerprint density at radius 2 is 2.31 bits per heavy atom. The van der Waals surface area contributed by atoms with E-state index in [0.29, 0.717) is 6.04 Å². The Kier molecular flexibility index (Phi) is 2.23. The second-order valence-corrected chi connectivity index (χ2v) is 4.20. The van der Waals surface area contributed by atoms with Crippen LogP contribution in [0.2, 0.25) is 0 Å². The van der Waals surface area contributed by atoms with E-state index in [1.54, 1.807) is 6.20 Å². The lowest BCUT2D eigenvalue weighted by Crippen LogP contribution is -2.17. The Morgan fingerprint density at radius 3 is 3.00 bits per heavy atom. The fourth-order valence-corrected chi connectivity index (χ4v) is 2.03. The van der Waals surface area contributed by atoms with Crippen molar-refractivity contribution >= 4 is 0 Å². The molecule has 0 N–H and O–H groups in total. The van der Waals surface area contributed by atoms with Crippen LogP contribution in [0, 0.1) is 0 Å². The molecule has 3 rings (SSSR count). The molecule has 1 saturated carbocycles. The summed E-state index contributed by atoms with van der Waals surface area (Å²) in [5, 5.41) is 12.7. The Morgan fingerprint density at radius 1 is 1.44 bits per heavy atom. The van der Waals surface area contributed by atoms with Crippen molar-refractivity contribution in [3.8, 4) is 11.4 Å². The molecule has 0 aliphatic heterocycles. The Balaban J connectivity index is 1.91. The van der Waals surface area contributed by atoms with Gasteiger partial charge in [0.1, 0.15) is 5.69 Å². The molecule has 2 aromatic rings. The van der Waals surface area contributed by atoms with E-state index in [-0.39, 0.29) is 0 Å². The van der Waals surface area contributed by atoms with E-state index >= 15 is 0 Å². The van der Waals surface area contributed by atoms with Crippen molar-refractivity contribution in [2.24, 2.45) is 0 Å². The average Bonchev–Trinajstić information content (AvgIpc) is 2.81. The van der Waals surface area contributed by atoms with Crippen molar-refractivity contribution < 1.29 is 0 Å². The van der Waals surface area contributed by atoms with E-state index in [0.717, 1.165) is 17.9 Å². The summed E-state index contributed by atoms with van der Waals surface area (Å²) in [5.41, 5.74) is 1.97. The Bertz CT molecular complexity index is 480. The lowest BCUT2D eigenvalue weighted by atomic mass is 9.93. The number of nitrogens with zero attached hydrogens (tertiary/aromatic N) is 5. The van der Waals surface area contributed by atoms with Crippen molar-refractivity contribution in [2.75, 3.05) is 0 Å². The van der Waals surface area contributed by atoms with E-state index < -0.39 is 0 Å². The SMILES string of the molecule is CCn1nccc1-c1cn(C2CCC2)nn1. The van der Waals surface area contributed by atoms with Crippen LogP contribution in [0.1, 0.15) is 32.2 Å². The van der Waals surface area contributed by atoms with E-state index in [2.05, 4.69) is 22.3 Å². The minimum atomic E-state index is 0.569. The van der Waals surface area contributed by atoms with E-state index in [1.807, 2.05) is 21.6 Å². The van der Waals surface area contributed by atoms with Gasteiger partial charge in [-0.3, -0.25) is 4.68 Å². The highest BCUT2D eigenvalue weighted by atomic mass is 15.4. The average molecular weight is 217 g/mol. The summed E-state index contributed by atoms with van der Waals surface area (Å²) >= 11 is 0. The first-order valence-electron chi connectivity index (χ1n) is 5.82. The molecule has 0 amide bonds. The topological polar surface area (TPSA) is 48.5 Å². The molecular weight excluding hydrogens is 202 g/mol. The summed E-state index contributed by atoms with van der Waals surface area (Å²) in [5.74, 6) is 0. The van der Waals surface area contributed by atoms with Gasteiger partial charge in [-0.15, -0.1) is 5.10 Å². The normalized spacial score (nSPS) is 16.3. The van der Waals surface area contributed by atoms with Crippen LogP contribution in [0.5, 0.6) is 0 Å². The van der Waals surface area contributed by atoms with Gasteiger partial charge in [0.2, 0.25) is 0 Å². The highest BCUT2D eigenvalue weighted by Crippen LogP contribution is 2.31. The molecule has 0 atom stereocenters. The maximum Gasteiger partial charge on any atom is 0.131 e. The van der Waals surface area contributed by atoms with Gasteiger partial charge in [0.05, 0.1) is 17.9 Å². The standard InChI is InChI=1S/C11H15N5/c1-2-15-11(6-7-12-15)10-8-16(14-13-10)9-4-3-5-9/h6-9H,2-5H2,1H3. The minimum Gasteiger partial charge on any atom is -0.263 e. The molecule has 16 heavy (non-hydrogen) atoms. The quantitative estimate of drug-likeness (QED) is 0.788. The molecule has 0 saturated heterocycles. The molecule has 1 fully saturated rings. The predicted octanol–water partition coefficient (Wildman–Crippen LogP) is 1.89. The molecule has 0 spiro atoms. The fraction of sp³-hybridized carbons (Fsp3) is 0.545. The third-order valence-corrected chi connectivity index (χ3v) is 3.24.